The van der Waals surface area contributed by atoms with Crippen LogP contribution in [0, 0.1) is 6.92 Å². The van der Waals surface area contributed by atoms with Gasteiger partial charge in [-0.25, -0.2) is 4.79 Å². The summed E-state index contributed by atoms with van der Waals surface area (Å²) in [6.45, 7) is 9.53. The Bertz CT molecular complexity index is 814. The van der Waals surface area contributed by atoms with E-state index in [1.807, 2.05) is 19.1 Å². The number of aryl methyl sites for hydroxylation is 1. The molecule has 0 aliphatic carbocycles. The van der Waals surface area contributed by atoms with Crippen molar-refractivity contribution in [1.82, 2.24) is 15.1 Å². The predicted octanol–water partition coefficient (Wildman–Crippen LogP) is 2.93. The van der Waals surface area contributed by atoms with Gasteiger partial charge in [0.15, 0.2) is 5.78 Å². The Hall–Kier alpha value is -2.90. The Morgan fingerprint density at radius 1 is 0.875 bits per heavy atom. The molecule has 176 valence electrons. The fourth-order valence-corrected chi connectivity index (χ4v) is 3.42. The number of hydrogen-bond donors (Lipinski definition) is 1. The number of amides is 3. The SMILES string of the molecule is Cc1ccc(C(=O)CCC(=O)N2CCCN(C(=O)CCNC(=O)OC(C)(C)C)CC2)cc1. The van der Waals surface area contributed by atoms with E-state index < -0.39 is 11.7 Å². The number of alkyl carbamates (subject to hydrolysis) is 1. The number of nitrogens with zero attached hydrogens (tertiary/aromatic N) is 2. The maximum Gasteiger partial charge on any atom is 0.407 e. The molecular formula is C24H35N3O5. The minimum absolute atomic E-state index is 0.0394. The summed E-state index contributed by atoms with van der Waals surface area (Å²) in [4.78, 5) is 52.5. The molecule has 2 rings (SSSR count). The van der Waals surface area contributed by atoms with Gasteiger partial charge in [0, 0.05) is 57.5 Å². The van der Waals surface area contributed by atoms with Gasteiger partial charge in [-0.05, 0) is 34.1 Å². The molecule has 1 N–H and O–H groups in total. The normalized spacial score (nSPS) is 14.5. The van der Waals surface area contributed by atoms with Gasteiger partial charge in [-0.1, -0.05) is 29.8 Å². The highest BCUT2D eigenvalue weighted by atomic mass is 16.6. The van der Waals surface area contributed by atoms with Crippen LogP contribution in [0.4, 0.5) is 4.79 Å². The van der Waals surface area contributed by atoms with Crippen LogP contribution in [-0.4, -0.2) is 71.8 Å². The molecule has 1 fully saturated rings. The second-order valence-corrected chi connectivity index (χ2v) is 9.08. The first-order chi connectivity index (χ1) is 15.0. The number of hydrogen-bond acceptors (Lipinski definition) is 5. The number of nitrogens with one attached hydrogen (secondary N) is 1. The smallest absolute Gasteiger partial charge is 0.407 e. The van der Waals surface area contributed by atoms with E-state index in [9.17, 15) is 19.2 Å². The van der Waals surface area contributed by atoms with Crippen LogP contribution in [0.15, 0.2) is 24.3 Å². The number of rotatable bonds is 7. The van der Waals surface area contributed by atoms with Crippen LogP contribution in [0.3, 0.4) is 0 Å². The molecule has 0 aromatic heterocycles. The molecule has 0 atom stereocenters. The number of Topliss-reactive ketones (excluding diaryl/α,β-unsaturated/α-hetero) is 1. The van der Waals surface area contributed by atoms with Gasteiger partial charge < -0.3 is 19.9 Å². The van der Waals surface area contributed by atoms with Crippen LogP contribution < -0.4 is 5.32 Å². The summed E-state index contributed by atoms with van der Waals surface area (Å²) < 4.78 is 5.16. The monoisotopic (exact) mass is 445 g/mol. The third-order valence-corrected chi connectivity index (χ3v) is 5.15. The van der Waals surface area contributed by atoms with Crippen molar-refractivity contribution in [3.8, 4) is 0 Å². The van der Waals surface area contributed by atoms with E-state index >= 15 is 0 Å². The molecule has 0 radical (unpaired) electrons. The van der Waals surface area contributed by atoms with Crippen LogP contribution >= 0.6 is 0 Å². The van der Waals surface area contributed by atoms with Gasteiger partial charge >= 0.3 is 6.09 Å². The van der Waals surface area contributed by atoms with Crippen molar-refractivity contribution in [2.45, 2.75) is 59.0 Å². The van der Waals surface area contributed by atoms with Crippen molar-refractivity contribution in [1.29, 1.82) is 0 Å². The Balaban J connectivity index is 1.73. The average molecular weight is 446 g/mol. The fourth-order valence-electron chi connectivity index (χ4n) is 3.42. The predicted molar refractivity (Wildman–Crippen MR) is 121 cm³/mol. The van der Waals surface area contributed by atoms with Crippen molar-refractivity contribution in [3.05, 3.63) is 35.4 Å². The summed E-state index contributed by atoms with van der Waals surface area (Å²) in [5.41, 5.74) is 1.12. The zero-order chi connectivity index (χ0) is 23.7. The van der Waals surface area contributed by atoms with Gasteiger partial charge in [0.1, 0.15) is 5.60 Å². The van der Waals surface area contributed by atoms with Gasteiger partial charge in [-0.15, -0.1) is 0 Å². The average Bonchev–Trinajstić information content (AvgIpc) is 2.97. The fraction of sp³-hybridized carbons (Fsp3) is 0.583. The number of benzene rings is 1. The molecule has 0 spiro atoms. The van der Waals surface area contributed by atoms with Crippen LogP contribution in [0.2, 0.25) is 0 Å². The molecule has 1 saturated heterocycles. The second kappa shape index (κ2) is 11.6. The first-order valence-electron chi connectivity index (χ1n) is 11.2. The van der Waals surface area contributed by atoms with Crippen molar-refractivity contribution >= 4 is 23.7 Å². The lowest BCUT2D eigenvalue weighted by molar-refractivity contribution is -0.133. The Morgan fingerprint density at radius 3 is 2.00 bits per heavy atom. The lowest BCUT2D eigenvalue weighted by atomic mass is 10.0. The summed E-state index contributed by atoms with van der Waals surface area (Å²) in [6.07, 6.45) is 0.664. The highest BCUT2D eigenvalue weighted by Gasteiger charge is 2.23. The highest BCUT2D eigenvalue weighted by molar-refractivity contribution is 5.98. The van der Waals surface area contributed by atoms with E-state index in [4.69, 9.17) is 4.74 Å². The first kappa shape index (κ1) is 25.4. The Morgan fingerprint density at radius 2 is 1.44 bits per heavy atom. The number of carbonyl (C=O) groups excluding carboxylic acids is 4. The quantitative estimate of drug-likeness (QED) is 0.651. The number of ether oxygens (including phenoxy) is 1. The molecule has 0 saturated carbocycles. The zero-order valence-corrected chi connectivity index (χ0v) is 19.6. The molecule has 0 bridgehead atoms. The summed E-state index contributed by atoms with van der Waals surface area (Å²) in [6, 6.07) is 7.35. The molecule has 1 aromatic carbocycles. The Labute approximate surface area is 190 Å². The third kappa shape index (κ3) is 8.69. The largest absolute Gasteiger partial charge is 0.444 e. The minimum atomic E-state index is -0.584. The summed E-state index contributed by atoms with van der Waals surface area (Å²) >= 11 is 0. The second-order valence-electron chi connectivity index (χ2n) is 9.08. The molecule has 8 heteroatoms. The summed E-state index contributed by atoms with van der Waals surface area (Å²) in [5.74, 6) is -0.168. The van der Waals surface area contributed by atoms with E-state index in [0.717, 1.165) is 5.56 Å². The van der Waals surface area contributed by atoms with E-state index in [1.54, 1.807) is 42.7 Å². The van der Waals surface area contributed by atoms with E-state index in [1.165, 1.54) is 0 Å². The van der Waals surface area contributed by atoms with E-state index in [2.05, 4.69) is 5.32 Å². The van der Waals surface area contributed by atoms with Crippen molar-refractivity contribution < 1.29 is 23.9 Å². The highest BCUT2D eigenvalue weighted by Crippen LogP contribution is 2.11. The molecule has 8 nitrogen and oxygen atoms in total. The Kier molecular flexibility index (Phi) is 9.23. The van der Waals surface area contributed by atoms with Crippen LogP contribution in [0.5, 0.6) is 0 Å². The standard InChI is InChI=1S/C24H35N3O5/c1-18-6-8-19(9-7-18)20(28)10-11-21(29)26-14-5-15-27(17-16-26)22(30)12-13-25-23(31)32-24(2,3)4/h6-9H,5,10-17H2,1-4H3,(H,25,31). The van der Waals surface area contributed by atoms with Crippen LogP contribution in [-0.2, 0) is 14.3 Å². The molecular weight excluding hydrogens is 410 g/mol. The molecule has 32 heavy (non-hydrogen) atoms. The van der Waals surface area contributed by atoms with Crippen molar-refractivity contribution in [3.63, 3.8) is 0 Å². The topological polar surface area (TPSA) is 96.0 Å². The van der Waals surface area contributed by atoms with Gasteiger partial charge in [-0.3, -0.25) is 14.4 Å². The number of ketones is 1. The molecule has 0 unspecified atom stereocenters. The maximum absolute atomic E-state index is 12.6. The molecule has 1 heterocycles. The molecule has 3 amide bonds. The van der Waals surface area contributed by atoms with Gasteiger partial charge in [-0.2, -0.15) is 0 Å². The molecule has 1 aliphatic heterocycles. The van der Waals surface area contributed by atoms with Crippen LogP contribution in [0.1, 0.15) is 62.4 Å². The van der Waals surface area contributed by atoms with Gasteiger partial charge in [0.2, 0.25) is 11.8 Å². The van der Waals surface area contributed by atoms with Gasteiger partial charge in [0.25, 0.3) is 0 Å². The van der Waals surface area contributed by atoms with Crippen LogP contribution in [0.25, 0.3) is 0 Å². The lowest BCUT2D eigenvalue weighted by Crippen LogP contribution is -2.39. The minimum Gasteiger partial charge on any atom is -0.444 e. The third-order valence-electron chi connectivity index (χ3n) is 5.15. The zero-order valence-electron chi connectivity index (χ0n) is 19.6. The van der Waals surface area contributed by atoms with Crippen molar-refractivity contribution in [2.24, 2.45) is 0 Å². The first-order valence-corrected chi connectivity index (χ1v) is 11.2. The van der Waals surface area contributed by atoms with E-state index in [-0.39, 0.29) is 43.4 Å². The van der Waals surface area contributed by atoms with Crippen molar-refractivity contribution in [2.75, 3.05) is 32.7 Å². The maximum atomic E-state index is 12.6. The molecule has 1 aromatic rings. The van der Waals surface area contributed by atoms with E-state index in [0.29, 0.717) is 38.2 Å². The summed E-state index contributed by atoms with van der Waals surface area (Å²) in [5, 5.41) is 2.59. The number of carbonyl (C=O) groups is 4. The summed E-state index contributed by atoms with van der Waals surface area (Å²) in [7, 11) is 0. The lowest BCUT2D eigenvalue weighted by Gasteiger charge is -2.23. The molecule has 1 aliphatic rings. The van der Waals surface area contributed by atoms with Gasteiger partial charge in [0.05, 0.1) is 0 Å².